The molecular weight excluding hydrogens is 290 g/mol. The predicted octanol–water partition coefficient (Wildman–Crippen LogP) is 2.65. The normalized spacial score (nSPS) is 18.9. The zero-order chi connectivity index (χ0) is 16.1. The molecule has 0 radical (unpaired) electrons. The number of morpholine rings is 1. The van der Waals surface area contributed by atoms with E-state index in [1.54, 1.807) is 0 Å². The van der Waals surface area contributed by atoms with Crippen molar-refractivity contribution in [1.82, 2.24) is 4.90 Å². The van der Waals surface area contributed by atoms with Crippen molar-refractivity contribution >= 4 is 16.7 Å². The summed E-state index contributed by atoms with van der Waals surface area (Å²) in [7, 11) is 1.44. The van der Waals surface area contributed by atoms with Gasteiger partial charge in [0.1, 0.15) is 0 Å². The van der Waals surface area contributed by atoms with Crippen molar-refractivity contribution in [2.45, 2.75) is 18.9 Å². The first-order chi connectivity index (χ1) is 11.3. The van der Waals surface area contributed by atoms with Crippen LogP contribution >= 0.6 is 0 Å². The molecule has 0 aliphatic carbocycles. The Hall–Kier alpha value is -1.91. The van der Waals surface area contributed by atoms with E-state index >= 15 is 0 Å². The maximum absolute atomic E-state index is 11.3. The first kappa shape index (κ1) is 16.0. The Morgan fingerprint density at radius 2 is 2.09 bits per heavy atom. The highest BCUT2D eigenvalue weighted by atomic mass is 16.5. The van der Waals surface area contributed by atoms with Crippen LogP contribution in [0.25, 0.3) is 10.8 Å². The molecule has 1 saturated heterocycles. The second-order valence-corrected chi connectivity index (χ2v) is 5.96. The Morgan fingerprint density at radius 1 is 1.26 bits per heavy atom. The summed E-state index contributed by atoms with van der Waals surface area (Å²) in [5.41, 5.74) is 1.32. The molecule has 1 atom stereocenters. The summed E-state index contributed by atoms with van der Waals surface area (Å²) in [6.45, 7) is 3.20. The van der Waals surface area contributed by atoms with Gasteiger partial charge in [-0.05, 0) is 16.3 Å². The highest BCUT2D eigenvalue weighted by molar-refractivity contribution is 5.85. The van der Waals surface area contributed by atoms with Crippen LogP contribution in [0.2, 0.25) is 0 Å². The molecule has 1 unspecified atom stereocenters. The average molecular weight is 313 g/mol. The van der Waals surface area contributed by atoms with E-state index in [0.29, 0.717) is 6.42 Å². The highest BCUT2D eigenvalue weighted by Crippen LogP contribution is 2.21. The molecule has 1 heterocycles. The number of esters is 1. The molecular formula is C19H23NO3. The molecule has 0 spiro atoms. The topological polar surface area (TPSA) is 38.8 Å². The van der Waals surface area contributed by atoms with Crippen LogP contribution in [-0.4, -0.2) is 50.3 Å². The third kappa shape index (κ3) is 4.09. The van der Waals surface area contributed by atoms with Crippen LogP contribution < -0.4 is 0 Å². The molecule has 2 aromatic rings. The fraction of sp³-hybridized carbons (Fsp3) is 0.421. The number of hydrogen-bond acceptors (Lipinski definition) is 4. The van der Waals surface area contributed by atoms with E-state index in [1.807, 2.05) is 0 Å². The average Bonchev–Trinajstić information content (AvgIpc) is 2.60. The fourth-order valence-electron chi connectivity index (χ4n) is 3.17. The molecule has 0 N–H and O–H groups in total. The van der Waals surface area contributed by atoms with E-state index in [-0.39, 0.29) is 12.1 Å². The van der Waals surface area contributed by atoms with Crippen molar-refractivity contribution in [1.29, 1.82) is 0 Å². The van der Waals surface area contributed by atoms with Crippen LogP contribution in [0, 0.1) is 0 Å². The van der Waals surface area contributed by atoms with E-state index in [1.165, 1.54) is 23.4 Å². The van der Waals surface area contributed by atoms with Gasteiger partial charge in [-0.25, -0.2) is 0 Å². The van der Waals surface area contributed by atoms with Crippen LogP contribution in [0.4, 0.5) is 0 Å². The summed E-state index contributed by atoms with van der Waals surface area (Å²) in [6, 6.07) is 14.9. The van der Waals surface area contributed by atoms with E-state index in [4.69, 9.17) is 9.47 Å². The van der Waals surface area contributed by atoms with Gasteiger partial charge in [-0.2, -0.15) is 0 Å². The number of rotatable bonds is 5. The lowest BCUT2D eigenvalue weighted by atomic mass is 9.99. The molecule has 4 heteroatoms. The van der Waals surface area contributed by atoms with Gasteiger partial charge in [0, 0.05) is 26.1 Å². The molecule has 0 aromatic heterocycles. The lowest BCUT2D eigenvalue weighted by molar-refractivity contribution is -0.141. The standard InChI is InChI=1S/C19H23NO3/c1-22-19(21)9-10-20-11-12-23-17(14-20)13-16-7-4-6-15-5-2-3-8-18(15)16/h2-8,17H,9-14H2,1H3. The zero-order valence-corrected chi connectivity index (χ0v) is 13.5. The van der Waals surface area contributed by atoms with Crippen LogP contribution in [0.5, 0.6) is 0 Å². The van der Waals surface area contributed by atoms with E-state index in [2.05, 4.69) is 47.4 Å². The van der Waals surface area contributed by atoms with Crippen molar-refractivity contribution in [2.24, 2.45) is 0 Å². The molecule has 1 aliphatic heterocycles. The minimum absolute atomic E-state index is 0.151. The predicted molar refractivity (Wildman–Crippen MR) is 90.5 cm³/mol. The van der Waals surface area contributed by atoms with Gasteiger partial charge in [0.25, 0.3) is 0 Å². The second kappa shape index (κ2) is 7.57. The summed E-state index contributed by atoms with van der Waals surface area (Å²) in [6.07, 6.45) is 1.51. The summed E-state index contributed by atoms with van der Waals surface area (Å²) in [5.74, 6) is -0.151. The molecule has 23 heavy (non-hydrogen) atoms. The maximum Gasteiger partial charge on any atom is 0.306 e. The van der Waals surface area contributed by atoms with E-state index in [9.17, 15) is 4.79 Å². The number of carbonyl (C=O) groups is 1. The number of methoxy groups -OCH3 is 1. The number of hydrogen-bond donors (Lipinski definition) is 0. The Morgan fingerprint density at radius 3 is 2.96 bits per heavy atom. The third-order valence-corrected chi connectivity index (χ3v) is 4.41. The smallest absolute Gasteiger partial charge is 0.306 e. The summed E-state index contributed by atoms with van der Waals surface area (Å²) in [5, 5.41) is 2.56. The summed E-state index contributed by atoms with van der Waals surface area (Å²) in [4.78, 5) is 13.6. The van der Waals surface area contributed by atoms with Gasteiger partial charge < -0.3 is 9.47 Å². The van der Waals surface area contributed by atoms with E-state index < -0.39 is 0 Å². The number of ether oxygens (including phenoxy) is 2. The largest absolute Gasteiger partial charge is 0.469 e. The van der Waals surface area contributed by atoms with Crippen LogP contribution in [0.1, 0.15) is 12.0 Å². The molecule has 1 fully saturated rings. The van der Waals surface area contributed by atoms with Gasteiger partial charge in [-0.3, -0.25) is 9.69 Å². The molecule has 0 bridgehead atoms. The Bertz CT molecular complexity index is 665. The van der Waals surface area contributed by atoms with Crippen LogP contribution in [-0.2, 0) is 20.7 Å². The molecule has 2 aromatic carbocycles. The first-order valence-electron chi connectivity index (χ1n) is 8.13. The quantitative estimate of drug-likeness (QED) is 0.796. The SMILES string of the molecule is COC(=O)CCN1CCOC(Cc2cccc3ccccc23)C1. The van der Waals surface area contributed by atoms with Gasteiger partial charge in [-0.1, -0.05) is 42.5 Å². The minimum Gasteiger partial charge on any atom is -0.469 e. The fourth-order valence-corrected chi connectivity index (χ4v) is 3.17. The summed E-state index contributed by atoms with van der Waals surface area (Å²) < 4.78 is 10.7. The lowest BCUT2D eigenvalue weighted by Crippen LogP contribution is -2.44. The van der Waals surface area contributed by atoms with Crippen molar-refractivity contribution in [2.75, 3.05) is 33.4 Å². The minimum atomic E-state index is -0.151. The second-order valence-electron chi connectivity index (χ2n) is 5.96. The Balaban J connectivity index is 1.64. The Labute approximate surface area is 137 Å². The molecule has 1 aliphatic rings. The lowest BCUT2D eigenvalue weighted by Gasteiger charge is -2.33. The van der Waals surface area contributed by atoms with Gasteiger partial charge in [0.05, 0.1) is 26.2 Å². The van der Waals surface area contributed by atoms with Crippen molar-refractivity contribution in [3.8, 4) is 0 Å². The van der Waals surface area contributed by atoms with E-state index in [0.717, 1.165) is 32.7 Å². The van der Waals surface area contributed by atoms with Gasteiger partial charge in [-0.15, -0.1) is 0 Å². The molecule has 122 valence electrons. The number of fused-ring (bicyclic) bond motifs is 1. The molecule has 0 saturated carbocycles. The number of benzene rings is 2. The van der Waals surface area contributed by atoms with Crippen molar-refractivity contribution < 1.29 is 14.3 Å². The Kier molecular flexibility index (Phi) is 5.26. The third-order valence-electron chi connectivity index (χ3n) is 4.41. The zero-order valence-electron chi connectivity index (χ0n) is 13.5. The maximum atomic E-state index is 11.3. The molecule has 0 amide bonds. The number of carbonyl (C=O) groups excluding carboxylic acids is 1. The number of nitrogens with zero attached hydrogens (tertiary/aromatic N) is 1. The monoisotopic (exact) mass is 313 g/mol. The highest BCUT2D eigenvalue weighted by Gasteiger charge is 2.21. The molecule has 4 nitrogen and oxygen atoms in total. The van der Waals surface area contributed by atoms with Crippen LogP contribution in [0.15, 0.2) is 42.5 Å². The first-order valence-corrected chi connectivity index (χ1v) is 8.13. The van der Waals surface area contributed by atoms with Crippen molar-refractivity contribution in [3.63, 3.8) is 0 Å². The van der Waals surface area contributed by atoms with Gasteiger partial charge in [0.2, 0.25) is 0 Å². The van der Waals surface area contributed by atoms with Crippen LogP contribution in [0.3, 0.4) is 0 Å². The summed E-state index contributed by atoms with van der Waals surface area (Å²) >= 11 is 0. The van der Waals surface area contributed by atoms with Gasteiger partial charge >= 0.3 is 5.97 Å². The van der Waals surface area contributed by atoms with Crippen molar-refractivity contribution in [3.05, 3.63) is 48.0 Å². The molecule has 3 rings (SSSR count). The van der Waals surface area contributed by atoms with Gasteiger partial charge in [0.15, 0.2) is 0 Å².